The number of hydrogen-bond acceptors (Lipinski definition) is 2. The first kappa shape index (κ1) is 28.5. The maximum absolute atomic E-state index is 5.95. The van der Waals surface area contributed by atoms with E-state index >= 15 is 0 Å². The van der Waals surface area contributed by atoms with Gasteiger partial charge >= 0.3 is 0 Å². The summed E-state index contributed by atoms with van der Waals surface area (Å²) in [6.07, 6.45) is 7.49. The average Bonchev–Trinajstić information content (AvgIpc) is 2.82. The number of ether oxygens (including phenoxy) is 2. The summed E-state index contributed by atoms with van der Waals surface area (Å²) in [5.74, 6) is 0. The molecule has 0 bridgehead atoms. The molecule has 0 amide bonds. The molecule has 0 fully saturated rings. The molecule has 0 radical (unpaired) electrons. The molecule has 0 unspecified atom stereocenters. The van der Waals surface area contributed by atoms with Crippen LogP contribution in [0.5, 0.6) is 0 Å². The van der Waals surface area contributed by atoms with Crippen LogP contribution in [-0.4, -0.2) is 24.7 Å². The molecular weight excluding hydrogens is 503 g/mol. The number of benzene rings is 3. The minimum Gasteiger partial charge on any atom is -1.00 e. The van der Waals surface area contributed by atoms with Crippen LogP contribution in [0.15, 0.2) is 103 Å². The number of halogens is 1. The molecule has 2 nitrogen and oxygen atoms in total. The van der Waals surface area contributed by atoms with Crippen molar-refractivity contribution in [2.75, 3.05) is 6.16 Å². The van der Waals surface area contributed by atoms with Crippen molar-refractivity contribution in [2.24, 2.45) is 0 Å². The molecule has 0 saturated heterocycles. The summed E-state index contributed by atoms with van der Waals surface area (Å²) >= 11 is 0. The first-order valence-electron chi connectivity index (χ1n) is 12.0. The van der Waals surface area contributed by atoms with E-state index in [-0.39, 0.29) is 35.5 Å². The molecule has 3 aromatic carbocycles. The Kier molecular flexibility index (Phi) is 12.2. The van der Waals surface area contributed by atoms with Gasteiger partial charge in [-0.25, -0.2) is 0 Å². The lowest BCUT2D eigenvalue weighted by Gasteiger charge is -2.27. The van der Waals surface area contributed by atoms with E-state index in [0.29, 0.717) is 0 Å². The molecule has 0 aliphatic rings. The highest BCUT2D eigenvalue weighted by molar-refractivity contribution is 7.95. The van der Waals surface area contributed by atoms with Gasteiger partial charge in [0, 0.05) is 12.8 Å². The Hall–Kier alpha value is -1.77. The lowest BCUT2D eigenvalue weighted by atomic mass is 10.3. The summed E-state index contributed by atoms with van der Waals surface area (Å²) in [4.78, 5) is 0. The minimum atomic E-state index is -1.78. The standard InChI is InChI=1S/C30H38O2P.BrH/c1-25(2)31-30(32-26(3)4)23-15-8-16-24-33(27-17-9-5-10-18-27,28-19-11-6-12-20-28)29-21-13-7-14-22-29;/h5-15,17-22,25-26,30H,16,23-24H2,1-4H3;1H/q+1;/p-1/b15-8-;. The predicted octanol–water partition coefficient (Wildman–Crippen LogP) is 3.50. The van der Waals surface area contributed by atoms with Crippen molar-refractivity contribution < 1.29 is 26.5 Å². The van der Waals surface area contributed by atoms with Crippen molar-refractivity contribution >= 4 is 23.2 Å². The van der Waals surface area contributed by atoms with Crippen LogP contribution < -0.4 is 32.9 Å². The zero-order chi connectivity index (χ0) is 23.5. The highest BCUT2D eigenvalue weighted by atomic mass is 79.9. The second kappa shape index (κ2) is 14.6. The van der Waals surface area contributed by atoms with Crippen molar-refractivity contribution in [1.82, 2.24) is 0 Å². The third-order valence-corrected chi connectivity index (χ3v) is 10.0. The summed E-state index contributed by atoms with van der Waals surface area (Å²) in [5.41, 5.74) is 0. The lowest BCUT2D eigenvalue weighted by molar-refractivity contribution is -0.178. The normalized spacial score (nSPS) is 12.0. The topological polar surface area (TPSA) is 18.5 Å². The maximum Gasteiger partial charge on any atom is 0.161 e. The van der Waals surface area contributed by atoms with Crippen LogP contribution in [0.3, 0.4) is 0 Å². The molecule has 0 atom stereocenters. The third-order valence-electron chi connectivity index (χ3n) is 5.57. The van der Waals surface area contributed by atoms with Gasteiger partial charge in [-0.2, -0.15) is 0 Å². The Morgan fingerprint density at radius 3 is 1.35 bits per heavy atom. The fraction of sp³-hybridized carbons (Fsp3) is 0.333. The van der Waals surface area contributed by atoms with Crippen LogP contribution in [0.4, 0.5) is 0 Å². The first-order valence-corrected chi connectivity index (χ1v) is 14.0. The zero-order valence-corrected chi connectivity index (χ0v) is 23.3. The summed E-state index contributed by atoms with van der Waals surface area (Å²) in [6, 6.07) is 33.2. The summed E-state index contributed by atoms with van der Waals surface area (Å²) in [7, 11) is -1.78. The van der Waals surface area contributed by atoms with Crippen LogP contribution in [0.2, 0.25) is 0 Å². The lowest BCUT2D eigenvalue weighted by Crippen LogP contribution is -3.00. The largest absolute Gasteiger partial charge is 1.00 e. The second-order valence-corrected chi connectivity index (χ2v) is 12.5. The second-order valence-electron chi connectivity index (χ2n) is 8.84. The molecule has 3 aromatic rings. The highest BCUT2D eigenvalue weighted by Gasteiger charge is 2.44. The summed E-state index contributed by atoms with van der Waals surface area (Å²) in [6.45, 7) is 8.22. The van der Waals surface area contributed by atoms with Gasteiger partial charge in [0.25, 0.3) is 0 Å². The van der Waals surface area contributed by atoms with E-state index in [0.717, 1.165) is 19.0 Å². The fourth-order valence-corrected chi connectivity index (χ4v) is 8.47. The molecule has 0 aliphatic heterocycles. The SMILES string of the molecule is CC(C)OC(C/C=C\CC[P+](c1ccccc1)(c1ccccc1)c1ccccc1)OC(C)C.[Br-]. The quantitative estimate of drug-likeness (QED) is 0.199. The average molecular weight is 542 g/mol. The van der Waals surface area contributed by atoms with Gasteiger partial charge in [0.15, 0.2) is 6.29 Å². The van der Waals surface area contributed by atoms with Crippen molar-refractivity contribution in [2.45, 2.75) is 59.0 Å². The van der Waals surface area contributed by atoms with Crippen LogP contribution in [0.1, 0.15) is 40.5 Å². The van der Waals surface area contributed by atoms with Crippen LogP contribution in [-0.2, 0) is 9.47 Å². The van der Waals surface area contributed by atoms with Gasteiger partial charge in [-0.3, -0.25) is 0 Å². The Morgan fingerprint density at radius 1 is 0.618 bits per heavy atom. The fourth-order valence-electron chi connectivity index (χ4n) is 4.23. The van der Waals surface area contributed by atoms with Crippen molar-refractivity contribution in [3.8, 4) is 0 Å². The van der Waals surface area contributed by atoms with E-state index < -0.39 is 7.26 Å². The molecule has 3 rings (SSSR count). The zero-order valence-electron chi connectivity index (χ0n) is 20.8. The number of hydrogen-bond donors (Lipinski definition) is 0. The van der Waals surface area contributed by atoms with Gasteiger partial charge < -0.3 is 26.5 Å². The molecule has 0 heterocycles. The van der Waals surface area contributed by atoms with Gasteiger partial charge in [0.05, 0.1) is 18.4 Å². The van der Waals surface area contributed by atoms with E-state index in [9.17, 15) is 0 Å². The van der Waals surface area contributed by atoms with E-state index in [1.54, 1.807) is 0 Å². The molecule has 0 aromatic heterocycles. The highest BCUT2D eigenvalue weighted by Crippen LogP contribution is 2.55. The molecule has 4 heteroatoms. The molecule has 0 N–H and O–H groups in total. The van der Waals surface area contributed by atoms with Crippen LogP contribution >= 0.6 is 7.26 Å². The van der Waals surface area contributed by atoms with E-state index in [2.05, 4.69) is 131 Å². The number of rotatable bonds is 12. The van der Waals surface area contributed by atoms with E-state index in [4.69, 9.17) is 9.47 Å². The third kappa shape index (κ3) is 7.89. The Bertz CT molecular complexity index is 852. The van der Waals surface area contributed by atoms with E-state index in [1.807, 2.05) is 0 Å². The Morgan fingerprint density at radius 2 is 1.00 bits per heavy atom. The predicted molar refractivity (Wildman–Crippen MR) is 145 cm³/mol. The van der Waals surface area contributed by atoms with Crippen molar-refractivity contribution in [1.29, 1.82) is 0 Å². The summed E-state index contributed by atoms with van der Waals surface area (Å²) < 4.78 is 11.9. The number of allylic oxidation sites excluding steroid dienone is 1. The maximum atomic E-state index is 5.95. The molecule has 182 valence electrons. The van der Waals surface area contributed by atoms with Gasteiger partial charge in [-0.05, 0) is 64.1 Å². The van der Waals surface area contributed by atoms with Gasteiger partial charge in [0.2, 0.25) is 0 Å². The molecule has 0 spiro atoms. The molecule has 0 aliphatic carbocycles. The van der Waals surface area contributed by atoms with Crippen molar-refractivity contribution in [3.05, 3.63) is 103 Å². The van der Waals surface area contributed by atoms with Gasteiger partial charge in [-0.1, -0.05) is 66.7 Å². The Balaban J connectivity index is 0.00000408. The monoisotopic (exact) mass is 540 g/mol. The Labute approximate surface area is 217 Å². The summed E-state index contributed by atoms with van der Waals surface area (Å²) in [5, 5.41) is 4.29. The van der Waals surface area contributed by atoms with Crippen LogP contribution in [0.25, 0.3) is 0 Å². The molecule has 34 heavy (non-hydrogen) atoms. The van der Waals surface area contributed by atoms with Gasteiger partial charge in [-0.15, -0.1) is 0 Å². The molecule has 0 saturated carbocycles. The van der Waals surface area contributed by atoms with Gasteiger partial charge in [0.1, 0.15) is 23.2 Å². The van der Waals surface area contributed by atoms with E-state index in [1.165, 1.54) is 15.9 Å². The smallest absolute Gasteiger partial charge is 0.161 e. The van der Waals surface area contributed by atoms with Crippen LogP contribution in [0, 0.1) is 0 Å². The van der Waals surface area contributed by atoms with Crippen molar-refractivity contribution in [3.63, 3.8) is 0 Å². The first-order chi connectivity index (χ1) is 16.0. The minimum absolute atomic E-state index is 0. The molecular formula is C30H38BrO2P.